The number of benzene rings is 1. The van der Waals surface area contributed by atoms with Crippen molar-refractivity contribution in [2.75, 3.05) is 0 Å². The number of halogens is 2. The van der Waals surface area contributed by atoms with Crippen molar-refractivity contribution in [1.29, 1.82) is 0 Å². The molecule has 2 N–H and O–H groups in total. The molecule has 0 unspecified atom stereocenters. The number of aromatic amines is 2. The van der Waals surface area contributed by atoms with Crippen LogP contribution in [0.1, 0.15) is 20.7 Å². The minimum Gasteiger partial charge on any atom is -0.360 e. The van der Waals surface area contributed by atoms with Crippen molar-refractivity contribution < 1.29 is 9.59 Å². The van der Waals surface area contributed by atoms with E-state index >= 15 is 0 Å². The van der Waals surface area contributed by atoms with Gasteiger partial charge in [0.2, 0.25) is 0 Å². The van der Waals surface area contributed by atoms with Gasteiger partial charge in [0, 0.05) is 39.3 Å². The number of rotatable bonds is 3. The van der Waals surface area contributed by atoms with Crippen molar-refractivity contribution >= 4 is 44.4 Å². The zero-order valence-electron chi connectivity index (χ0n) is 11.3. The van der Waals surface area contributed by atoms with Gasteiger partial charge in [-0.1, -0.05) is 34.1 Å². The molecule has 0 aliphatic heterocycles. The summed E-state index contributed by atoms with van der Waals surface area (Å²) in [6.45, 7) is 0. The number of hydrogen-bond acceptors (Lipinski definition) is 2. The predicted molar refractivity (Wildman–Crippen MR) is 93.2 cm³/mol. The lowest BCUT2D eigenvalue weighted by molar-refractivity contribution is 0.111. The molecule has 6 heteroatoms. The van der Waals surface area contributed by atoms with E-state index in [0.29, 0.717) is 11.1 Å². The third-order valence-electron chi connectivity index (χ3n) is 2.81. The summed E-state index contributed by atoms with van der Waals surface area (Å²) in [6.07, 6.45) is 4.96. The summed E-state index contributed by atoms with van der Waals surface area (Å²) in [5.74, 6) is 0. The second-order valence-corrected chi connectivity index (χ2v) is 6.05. The van der Waals surface area contributed by atoms with Gasteiger partial charge in [0.1, 0.15) is 0 Å². The van der Waals surface area contributed by atoms with E-state index in [1.54, 1.807) is 18.5 Å². The lowest BCUT2D eigenvalue weighted by Gasteiger charge is -1.99. The van der Waals surface area contributed by atoms with Gasteiger partial charge in [-0.05, 0) is 34.1 Å². The van der Waals surface area contributed by atoms with Crippen LogP contribution in [0, 0.1) is 0 Å². The van der Waals surface area contributed by atoms with Crippen molar-refractivity contribution in [3.05, 3.63) is 69.0 Å². The van der Waals surface area contributed by atoms with Crippen molar-refractivity contribution in [3.8, 4) is 11.3 Å². The quantitative estimate of drug-likeness (QED) is 0.591. The molecule has 2 aromatic heterocycles. The van der Waals surface area contributed by atoms with Gasteiger partial charge in [0.05, 0.1) is 4.60 Å². The van der Waals surface area contributed by atoms with E-state index in [-0.39, 0.29) is 0 Å². The number of carbonyl (C=O) groups is 2. The summed E-state index contributed by atoms with van der Waals surface area (Å²) in [5, 5.41) is 0. The first-order chi connectivity index (χ1) is 10.6. The van der Waals surface area contributed by atoms with Crippen molar-refractivity contribution in [2.24, 2.45) is 0 Å². The van der Waals surface area contributed by atoms with Crippen molar-refractivity contribution in [3.63, 3.8) is 0 Å². The second-order valence-electron chi connectivity index (χ2n) is 4.34. The van der Waals surface area contributed by atoms with E-state index in [0.717, 1.165) is 32.9 Å². The second kappa shape index (κ2) is 7.91. The Labute approximate surface area is 144 Å². The van der Waals surface area contributed by atoms with Crippen LogP contribution < -0.4 is 0 Å². The van der Waals surface area contributed by atoms with Gasteiger partial charge >= 0.3 is 0 Å². The SMILES string of the molecule is O=Cc1c[nH]c(-c2ccccc2Br)c1.O=Cc1c[nH]c(Br)c1. The zero-order chi connectivity index (χ0) is 15.9. The van der Waals surface area contributed by atoms with E-state index in [4.69, 9.17) is 0 Å². The number of carbonyl (C=O) groups excluding carboxylic acids is 2. The zero-order valence-corrected chi connectivity index (χ0v) is 14.5. The maximum absolute atomic E-state index is 10.5. The first kappa shape index (κ1) is 16.5. The summed E-state index contributed by atoms with van der Waals surface area (Å²) < 4.78 is 1.85. The molecule has 3 aromatic rings. The van der Waals surface area contributed by atoms with Crippen LogP contribution in [-0.2, 0) is 0 Å². The average Bonchev–Trinajstić information content (AvgIpc) is 3.17. The monoisotopic (exact) mass is 422 g/mol. The summed E-state index contributed by atoms with van der Waals surface area (Å²) in [6, 6.07) is 11.4. The summed E-state index contributed by atoms with van der Waals surface area (Å²) in [5.41, 5.74) is 3.33. The van der Waals surface area contributed by atoms with Crippen LogP contribution in [0.2, 0.25) is 0 Å². The molecular formula is C16H12Br2N2O2. The predicted octanol–water partition coefficient (Wildman–Crippen LogP) is 4.85. The highest BCUT2D eigenvalue weighted by Gasteiger charge is 2.04. The Morgan fingerprint density at radius 3 is 2.00 bits per heavy atom. The normalized spacial score (nSPS) is 9.73. The van der Waals surface area contributed by atoms with Crippen LogP contribution in [0.3, 0.4) is 0 Å². The van der Waals surface area contributed by atoms with E-state index in [2.05, 4.69) is 41.8 Å². The molecule has 0 saturated heterocycles. The largest absolute Gasteiger partial charge is 0.360 e. The van der Waals surface area contributed by atoms with Gasteiger partial charge in [-0.2, -0.15) is 0 Å². The van der Waals surface area contributed by atoms with Crippen molar-refractivity contribution in [2.45, 2.75) is 0 Å². The Balaban J connectivity index is 0.000000188. The molecule has 22 heavy (non-hydrogen) atoms. The Morgan fingerprint density at radius 2 is 1.50 bits per heavy atom. The molecule has 0 aliphatic carbocycles. The molecule has 3 rings (SSSR count). The lowest BCUT2D eigenvalue weighted by atomic mass is 10.1. The molecule has 0 amide bonds. The van der Waals surface area contributed by atoms with Gasteiger partial charge in [0.25, 0.3) is 0 Å². The average molecular weight is 424 g/mol. The fourth-order valence-electron chi connectivity index (χ4n) is 1.76. The Bertz CT molecular complexity index is 778. The van der Waals surface area contributed by atoms with Crippen LogP contribution in [0.4, 0.5) is 0 Å². The van der Waals surface area contributed by atoms with Gasteiger partial charge in [-0.3, -0.25) is 9.59 Å². The number of nitrogens with one attached hydrogen (secondary N) is 2. The van der Waals surface area contributed by atoms with Gasteiger partial charge < -0.3 is 9.97 Å². The van der Waals surface area contributed by atoms with Gasteiger partial charge in [-0.25, -0.2) is 0 Å². The van der Waals surface area contributed by atoms with E-state index in [1.165, 1.54) is 0 Å². The molecular weight excluding hydrogens is 412 g/mol. The molecule has 0 atom stereocenters. The third-order valence-corrected chi connectivity index (χ3v) is 3.96. The number of H-pyrrole nitrogens is 2. The topological polar surface area (TPSA) is 65.7 Å². The fourth-order valence-corrected chi connectivity index (χ4v) is 2.64. The Hall–Kier alpha value is -1.92. The van der Waals surface area contributed by atoms with Crippen LogP contribution >= 0.6 is 31.9 Å². The molecule has 0 spiro atoms. The number of aldehydes is 2. The molecule has 4 nitrogen and oxygen atoms in total. The Kier molecular flexibility index (Phi) is 5.91. The molecule has 0 fully saturated rings. The number of aromatic nitrogens is 2. The van der Waals surface area contributed by atoms with Crippen LogP contribution in [-0.4, -0.2) is 22.5 Å². The van der Waals surface area contributed by atoms with E-state index in [1.807, 2.05) is 30.3 Å². The smallest absolute Gasteiger partial charge is 0.151 e. The first-order valence-corrected chi connectivity index (χ1v) is 7.90. The molecule has 0 radical (unpaired) electrons. The summed E-state index contributed by atoms with van der Waals surface area (Å²) in [4.78, 5) is 26.3. The standard InChI is InChI=1S/C11H8BrNO.C5H4BrNO/c12-10-4-2-1-3-9(10)11-5-8(7-14)6-13-11;6-5-1-4(3-8)2-7-5/h1-7,13H;1-3,7H. The minimum atomic E-state index is 0.663. The lowest BCUT2D eigenvalue weighted by Crippen LogP contribution is -1.77. The van der Waals surface area contributed by atoms with Crippen LogP contribution in [0.5, 0.6) is 0 Å². The minimum absolute atomic E-state index is 0.663. The molecule has 0 saturated carbocycles. The molecule has 0 bridgehead atoms. The van der Waals surface area contributed by atoms with Gasteiger partial charge in [-0.15, -0.1) is 0 Å². The molecule has 1 aromatic carbocycles. The molecule has 0 aliphatic rings. The highest BCUT2D eigenvalue weighted by atomic mass is 79.9. The summed E-state index contributed by atoms with van der Waals surface area (Å²) in [7, 11) is 0. The molecule has 112 valence electrons. The maximum Gasteiger partial charge on any atom is 0.151 e. The highest BCUT2D eigenvalue weighted by molar-refractivity contribution is 9.10. The fraction of sp³-hybridized carbons (Fsp3) is 0. The van der Waals surface area contributed by atoms with Crippen molar-refractivity contribution in [1.82, 2.24) is 9.97 Å². The third kappa shape index (κ3) is 4.29. The number of hydrogen-bond donors (Lipinski definition) is 2. The molecule has 2 heterocycles. The summed E-state index contributed by atoms with van der Waals surface area (Å²) >= 11 is 6.61. The van der Waals surface area contributed by atoms with E-state index < -0.39 is 0 Å². The van der Waals surface area contributed by atoms with Crippen LogP contribution in [0.25, 0.3) is 11.3 Å². The Morgan fingerprint density at radius 1 is 0.864 bits per heavy atom. The first-order valence-electron chi connectivity index (χ1n) is 6.31. The highest BCUT2D eigenvalue weighted by Crippen LogP contribution is 2.26. The van der Waals surface area contributed by atoms with E-state index in [9.17, 15) is 9.59 Å². The maximum atomic E-state index is 10.5. The van der Waals surface area contributed by atoms with Gasteiger partial charge in [0.15, 0.2) is 12.6 Å². The van der Waals surface area contributed by atoms with Crippen LogP contribution in [0.15, 0.2) is 57.9 Å².